The monoisotopic (exact) mass is 602 g/mol. The number of allylic oxidation sites excluding steroid dienone is 1. The van der Waals surface area contributed by atoms with E-state index in [1.165, 1.54) is 34.1 Å². The zero-order chi connectivity index (χ0) is 31.9. The molecule has 3 aromatic carbocycles. The van der Waals surface area contributed by atoms with E-state index < -0.39 is 0 Å². The number of benzene rings is 3. The maximum absolute atomic E-state index is 14.2. The zero-order valence-electron chi connectivity index (χ0n) is 27.5. The molecule has 4 aromatic rings. The SMILES string of the molecule is C=C(C1CCN(Cc2ccc(C(=NC(C)CC)c3cccc(F)c3)c(C)c2)CC1)N(c1ccccc1C)C(C)c1ccccn1. The Labute approximate surface area is 269 Å². The molecule has 1 aromatic heterocycles. The van der Waals surface area contributed by atoms with Crippen LogP contribution in [-0.4, -0.2) is 34.7 Å². The third-order valence-corrected chi connectivity index (χ3v) is 9.24. The molecule has 0 saturated carbocycles. The number of anilines is 1. The predicted molar refractivity (Wildman–Crippen MR) is 186 cm³/mol. The highest BCUT2D eigenvalue weighted by Crippen LogP contribution is 2.37. The number of rotatable bonds is 11. The first-order valence-corrected chi connectivity index (χ1v) is 16.4. The molecule has 1 fully saturated rings. The summed E-state index contributed by atoms with van der Waals surface area (Å²) < 4.78 is 14.2. The van der Waals surface area contributed by atoms with Gasteiger partial charge in [-0.05, 0) is 107 Å². The standard InChI is InChI=1S/C40H47FN4/c1-7-30(4)43-40(35-14-12-15-36(41)26-35)37-19-18-33(25-29(37)3)27-44-23-20-34(21-24-44)31(5)45(39-17-9-8-13-28(39)2)32(6)38-16-10-11-22-42-38/h8-19,22,25-26,30,32,34H,5,7,20-21,23-24,27H2,1-4,6H3. The van der Waals surface area contributed by atoms with E-state index in [0.717, 1.165) is 61.4 Å². The Balaban J connectivity index is 1.29. The molecule has 0 radical (unpaired) electrons. The second-order valence-electron chi connectivity index (χ2n) is 12.5. The summed E-state index contributed by atoms with van der Waals surface area (Å²) >= 11 is 0. The first-order valence-electron chi connectivity index (χ1n) is 16.4. The summed E-state index contributed by atoms with van der Waals surface area (Å²) in [6.07, 6.45) is 4.94. The summed E-state index contributed by atoms with van der Waals surface area (Å²) in [6, 6.07) is 28.4. The minimum absolute atomic E-state index is 0.0837. The van der Waals surface area contributed by atoms with Gasteiger partial charge in [-0.15, -0.1) is 0 Å². The fourth-order valence-corrected chi connectivity index (χ4v) is 6.42. The number of aromatic nitrogens is 1. The van der Waals surface area contributed by atoms with E-state index in [0.29, 0.717) is 5.92 Å². The zero-order valence-corrected chi connectivity index (χ0v) is 27.5. The molecular formula is C40H47FN4. The van der Waals surface area contributed by atoms with Crippen molar-refractivity contribution in [2.75, 3.05) is 18.0 Å². The molecule has 5 heteroatoms. The van der Waals surface area contributed by atoms with Crippen molar-refractivity contribution in [3.63, 3.8) is 0 Å². The summed E-state index contributed by atoms with van der Waals surface area (Å²) in [4.78, 5) is 14.7. The Hall–Kier alpha value is -4.09. The van der Waals surface area contributed by atoms with Gasteiger partial charge in [0.05, 0.1) is 17.4 Å². The van der Waals surface area contributed by atoms with Gasteiger partial charge in [0.2, 0.25) is 0 Å². The topological polar surface area (TPSA) is 31.7 Å². The number of pyridine rings is 1. The van der Waals surface area contributed by atoms with E-state index in [4.69, 9.17) is 11.6 Å². The lowest BCUT2D eigenvalue weighted by Gasteiger charge is -2.40. The molecule has 1 aliphatic heterocycles. The number of para-hydroxylation sites is 1. The lowest BCUT2D eigenvalue weighted by molar-refractivity contribution is 0.189. The molecule has 234 valence electrons. The van der Waals surface area contributed by atoms with Gasteiger partial charge in [0.25, 0.3) is 0 Å². The molecule has 0 aliphatic carbocycles. The molecular weight excluding hydrogens is 555 g/mol. The summed E-state index contributed by atoms with van der Waals surface area (Å²) in [5.74, 6) is 0.166. The molecule has 1 saturated heterocycles. The van der Waals surface area contributed by atoms with Crippen LogP contribution in [0.1, 0.15) is 79.6 Å². The molecule has 5 rings (SSSR count). The van der Waals surface area contributed by atoms with Crippen LogP contribution in [0.4, 0.5) is 10.1 Å². The van der Waals surface area contributed by atoms with Crippen LogP contribution >= 0.6 is 0 Å². The van der Waals surface area contributed by atoms with Crippen LogP contribution in [-0.2, 0) is 6.54 Å². The van der Waals surface area contributed by atoms with Crippen molar-refractivity contribution in [3.05, 3.63) is 143 Å². The highest BCUT2D eigenvalue weighted by molar-refractivity contribution is 6.13. The highest BCUT2D eigenvalue weighted by atomic mass is 19.1. The molecule has 0 spiro atoms. The molecule has 2 atom stereocenters. The minimum atomic E-state index is -0.238. The molecule has 0 bridgehead atoms. The number of hydrogen-bond acceptors (Lipinski definition) is 4. The van der Waals surface area contributed by atoms with Crippen molar-refractivity contribution in [1.29, 1.82) is 0 Å². The van der Waals surface area contributed by atoms with E-state index in [1.54, 1.807) is 12.1 Å². The third kappa shape index (κ3) is 7.77. The van der Waals surface area contributed by atoms with Crippen LogP contribution in [0.25, 0.3) is 0 Å². The Bertz CT molecular complexity index is 1620. The lowest BCUT2D eigenvalue weighted by atomic mass is 9.91. The van der Waals surface area contributed by atoms with Crippen molar-refractivity contribution >= 4 is 11.4 Å². The van der Waals surface area contributed by atoms with Crippen LogP contribution < -0.4 is 4.90 Å². The number of aliphatic imine (C=N–C) groups is 1. The third-order valence-electron chi connectivity index (χ3n) is 9.24. The molecule has 2 heterocycles. The molecule has 2 unspecified atom stereocenters. The second kappa shape index (κ2) is 14.8. The minimum Gasteiger partial charge on any atom is -0.336 e. The lowest BCUT2D eigenvalue weighted by Crippen LogP contribution is -2.38. The second-order valence-corrected chi connectivity index (χ2v) is 12.5. The number of halogens is 1. The van der Waals surface area contributed by atoms with E-state index >= 15 is 0 Å². The van der Waals surface area contributed by atoms with Gasteiger partial charge in [-0.3, -0.25) is 14.9 Å². The summed E-state index contributed by atoms with van der Waals surface area (Å²) in [5, 5.41) is 0. The smallest absolute Gasteiger partial charge is 0.123 e. The molecule has 1 aliphatic rings. The van der Waals surface area contributed by atoms with Gasteiger partial charge in [-0.25, -0.2) is 4.39 Å². The largest absolute Gasteiger partial charge is 0.336 e. The van der Waals surface area contributed by atoms with Gasteiger partial charge in [0.1, 0.15) is 5.82 Å². The van der Waals surface area contributed by atoms with Crippen LogP contribution in [0.5, 0.6) is 0 Å². The first kappa shape index (κ1) is 32.3. The average molecular weight is 603 g/mol. The van der Waals surface area contributed by atoms with Crippen LogP contribution in [0.15, 0.2) is 108 Å². The van der Waals surface area contributed by atoms with Gasteiger partial charge >= 0.3 is 0 Å². The average Bonchev–Trinajstić information content (AvgIpc) is 3.05. The summed E-state index contributed by atoms with van der Waals surface area (Å²) in [6.45, 7) is 18.4. The van der Waals surface area contributed by atoms with Crippen molar-refractivity contribution in [2.24, 2.45) is 10.9 Å². The van der Waals surface area contributed by atoms with Crippen LogP contribution in [0, 0.1) is 25.6 Å². The van der Waals surface area contributed by atoms with Crippen molar-refractivity contribution in [2.45, 2.75) is 72.5 Å². The van der Waals surface area contributed by atoms with E-state index in [-0.39, 0.29) is 17.9 Å². The van der Waals surface area contributed by atoms with Crippen molar-refractivity contribution < 1.29 is 4.39 Å². The highest BCUT2D eigenvalue weighted by Gasteiger charge is 2.29. The van der Waals surface area contributed by atoms with Gasteiger partial charge in [-0.2, -0.15) is 0 Å². The summed E-state index contributed by atoms with van der Waals surface area (Å²) in [5.41, 5.74) is 9.88. The fourth-order valence-electron chi connectivity index (χ4n) is 6.42. The van der Waals surface area contributed by atoms with Gasteiger partial charge in [-0.1, -0.05) is 68.1 Å². The Morgan fingerprint density at radius 3 is 2.38 bits per heavy atom. The van der Waals surface area contributed by atoms with E-state index in [1.807, 2.05) is 18.3 Å². The molecule has 45 heavy (non-hydrogen) atoms. The van der Waals surface area contributed by atoms with E-state index in [2.05, 4.69) is 104 Å². The Kier molecular flexibility index (Phi) is 10.6. The maximum Gasteiger partial charge on any atom is 0.123 e. The van der Waals surface area contributed by atoms with Crippen LogP contribution in [0.3, 0.4) is 0 Å². The number of hydrogen-bond donors (Lipinski definition) is 0. The maximum atomic E-state index is 14.2. The summed E-state index contributed by atoms with van der Waals surface area (Å²) in [7, 11) is 0. The first-order chi connectivity index (χ1) is 21.7. The number of piperidine rings is 1. The number of aryl methyl sites for hydroxylation is 2. The van der Waals surface area contributed by atoms with Gasteiger partial charge in [0, 0.05) is 47.2 Å². The van der Waals surface area contributed by atoms with Gasteiger partial charge in [0.15, 0.2) is 0 Å². The molecule has 0 amide bonds. The molecule has 0 N–H and O–H groups in total. The van der Waals surface area contributed by atoms with Crippen molar-refractivity contribution in [3.8, 4) is 0 Å². The van der Waals surface area contributed by atoms with Crippen molar-refractivity contribution in [1.82, 2.24) is 9.88 Å². The van der Waals surface area contributed by atoms with Gasteiger partial charge < -0.3 is 4.90 Å². The Morgan fingerprint density at radius 2 is 1.71 bits per heavy atom. The number of nitrogens with zero attached hydrogens (tertiary/aromatic N) is 4. The molecule has 4 nitrogen and oxygen atoms in total. The Morgan fingerprint density at radius 1 is 0.956 bits per heavy atom. The van der Waals surface area contributed by atoms with E-state index in [9.17, 15) is 4.39 Å². The quantitative estimate of drug-likeness (QED) is 0.160. The van der Waals surface area contributed by atoms with Crippen LogP contribution in [0.2, 0.25) is 0 Å². The fraction of sp³-hybridized carbons (Fsp3) is 0.350. The normalized spacial score (nSPS) is 15.9. The predicted octanol–water partition coefficient (Wildman–Crippen LogP) is 9.47. The number of likely N-dealkylation sites (tertiary alicyclic amines) is 1.